The Hall–Kier alpha value is -3.92. The summed E-state index contributed by atoms with van der Waals surface area (Å²) in [6, 6.07) is 27.5. The molecule has 170 valence electrons. The zero-order valence-electron chi connectivity index (χ0n) is 19.0. The number of rotatable bonds is 6. The molecule has 0 saturated heterocycles. The molecule has 0 radical (unpaired) electrons. The van der Waals surface area contributed by atoms with E-state index in [1.807, 2.05) is 48.5 Å². The molecule has 4 aromatic rings. The minimum Gasteiger partial charge on any atom is -0.478 e. The molecular weight excluding hydrogens is 422 g/mol. The van der Waals surface area contributed by atoms with Gasteiger partial charge in [0.15, 0.2) is 5.76 Å². The van der Waals surface area contributed by atoms with Crippen LogP contribution in [0.4, 0.5) is 0 Å². The molecule has 1 aliphatic carbocycles. The predicted molar refractivity (Wildman–Crippen MR) is 134 cm³/mol. The maximum absolute atomic E-state index is 11.2. The lowest BCUT2D eigenvalue weighted by molar-refractivity contribution is 0.0697. The van der Waals surface area contributed by atoms with Crippen molar-refractivity contribution in [3.8, 4) is 22.6 Å². The van der Waals surface area contributed by atoms with Crippen LogP contribution in [-0.4, -0.2) is 16.1 Å². The van der Waals surface area contributed by atoms with Crippen LogP contribution in [-0.2, 0) is 6.42 Å². The maximum Gasteiger partial charge on any atom is 0.335 e. The van der Waals surface area contributed by atoms with Gasteiger partial charge in [-0.15, -0.1) is 0 Å². The Bertz CT molecular complexity index is 1230. The van der Waals surface area contributed by atoms with Crippen LogP contribution in [0.5, 0.6) is 0 Å². The molecule has 0 saturated carbocycles. The van der Waals surface area contributed by atoms with Crippen LogP contribution in [0.1, 0.15) is 47.5 Å². The smallest absolute Gasteiger partial charge is 0.335 e. The summed E-state index contributed by atoms with van der Waals surface area (Å²) in [6.45, 7) is 0. The van der Waals surface area contributed by atoms with Crippen LogP contribution in [0.15, 0.2) is 95.4 Å². The molecule has 0 aliphatic heterocycles. The number of hydrogen-bond donors (Lipinski definition) is 1. The largest absolute Gasteiger partial charge is 0.478 e. The van der Waals surface area contributed by atoms with Crippen LogP contribution in [0, 0.1) is 5.92 Å². The molecular formula is C30H27NO3. The first-order valence-electron chi connectivity index (χ1n) is 11.8. The van der Waals surface area contributed by atoms with Crippen molar-refractivity contribution in [1.82, 2.24) is 4.98 Å². The van der Waals surface area contributed by atoms with E-state index in [1.54, 1.807) is 12.1 Å². The number of carboxylic acids is 1. The monoisotopic (exact) mass is 449 g/mol. The van der Waals surface area contributed by atoms with Gasteiger partial charge in [-0.05, 0) is 49.3 Å². The molecule has 0 amide bonds. The fraction of sp³-hybridized carbons (Fsp3) is 0.200. The van der Waals surface area contributed by atoms with E-state index in [4.69, 9.17) is 9.40 Å². The quantitative estimate of drug-likeness (QED) is 0.331. The molecule has 4 heteroatoms. The standard InChI is InChI=1S/C30H27NO3/c32-30(33)24-18-16-21(17-19-24)20-25-14-8-3-9-15-26(25)29-31-27(22-10-4-1-5-11-22)28(34-29)23-12-6-2-7-13-23/h1-2,4-7,10-13,15-19,25H,3,8-9,14,20H2,(H,32,33). The molecule has 0 fully saturated rings. The maximum atomic E-state index is 11.2. The highest BCUT2D eigenvalue weighted by Crippen LogP contribution is 2.39. The summed E-state index contributed by atoms with van der Waals surface area (Å²) in [4.78, 5) is 16.3. The highest BCUT2D eigenvalue weighted by Gasteiger charge is 2.25. The first-order valence-corrected chi connectivity index (χ1v) is 11.8. The lowest BCUT2D eigenvalue weighted by Gasteiger charge is -2.17. The Morgan fingerprint density at radius 3 is 2.24 bits per heavy atom. The third-order valence-electron chi connectivity index (χ3n) is 6.45. The summed E-state index contributed by atoms with van der Waals surface area (Å²) in [7, 11) is 0. The van der Waals surface area contributed by atoms with Crippen molar-refractivity contribution in [2.24, 2.45) is 5.92 Å². The van der Waals surface area contributed by atoms with Crippen LogP contribution < -0.4 is 0 Å². The topological polar surface area (TPSA) is 63.3 Å². The number of aromatic carboxylic acids is 1. The number of benzene rings is 3. The summed E-state index contributed by atoms with van der Waals surface area (Å²) < 4.78 is 6.51. The van der Waals surface area contributed by atoms with Gasteiger partial charge in [-0.2, -0.15) is 0 Å². The van der Waals surface area contributed by atoms with Crippen molar-refractivity contribution < 1.29 is 14.3 Å². The zero-order valence-corrected chi connectivity index (χ0v) is 19.0. The van der Waals surface area contributed by atoms with Gasteiger partial charge in [-0.1, -0.05) is 85.3 Å². The van der Waals surface area contributed by atoms with E-state index in [-0.39, 0.29) is 5.92 Å². The minimum atomic E-state index is -0.900. The molecule has 5 rings (SSSR count). The van der Waals surface area contributed by atoms with Crippen molar-refractivity contribution in [3.63, 3.8) is 0 Å². The predicted octanol–water partition coefficient (Wildman–Crippen LogP) is 7.52. The SMILES string of the molecule is O=C(O)c1ccc(CC2CCCCC=C2c2nc(-c3ccccc3)c(-c3ccccc3)o2)cc1. The van der Waals surface area contributed by atoms with Gasteiger partial charge in [0.1, 0.15) is 5.69 Å². The van der Waals surface area contributed by atoms with E-state index in [9.17, 15) is 9.90 Å². The third kappa shape index (κ3) is 4.72. The molecule has 34 heavy (non-hydrogen) atoms. The second-order valence-corrected chi connectivity index (χ2v) is 8.78. The van der Waals surface area contributed by atoms with Crippen LogP contribution in [0.3, 0.4) is 0 Å². The molecule has 1 N–H and O–H groups in total. The van der Waals surface area contributed by atoms with Gasteiger partial charge in [0.2, 0.25) is 5.89 Å². The van der Waals surface area contributed by atoms with Crippen molar-refractivity contribution in [2.45, 2.75) is 32.1 Å². The third-order valence-corrected chi connectivity index (χ3v) is 6.45. The molecule has 1 aromatic heterocycles. The van der Waals surface area contributed by atoms with Gasteiger partial charge in [0.25, 0.3) is 0 Å². The molecule has 1 aliphatic rings. The number of hydrogen-bond acceptors (Lipinski definition) is 3. The second-order valence-electron chi connectivity index (χ2n) is 8.78. The molecule has 1 atom stereocenters. The average Bonchev–Trinajstić information content (AvgIpc) is 3.19. The lowest BCUT2D eigenvalue weighted by Crippen LogP contribution is -2.08. The molecule has 0 spiro atoms. The van der Waals surface area contributed by atoms with Crippen molar-refractivity contribution in [1.29, 1.82) is 0 Å². The van der Waals surface area contributed by atoms with Crippen LogP contribution >= 0.6 is 0 Å². The van der Waals surface area contributed by atoms with Gasteiger partial charge < -0.3 is 9.52 Å². The highest BCUT2D eigenvalue weighted by molar-refractivity contribution is 5.87. The zero-order chi connectivity index (χ0) is 23.3. The minimum absolute atomic E-state index is 0.268. The molecule has 0 bridgehead atoms. The normalized spacial score (nSPS) is 16.0. The van der Waals surface area contributed by atoms with Gasteiger partial charge in [-0.25, -0.2) is 9.78 Å². The fourth-order valence-corrected chi connectivity index (χ4v) is 4.68. The van der Waals surface area contributed by atoms with Gasteiger partial charge >= 0.3 is 5.97 Å². The Balaban J connectivity index is 1.53. The Kier molecular flexibility index (Phi) is 6.39. The van der Waals surface area contributed by atoms with E-state index < -0.39 is 5.97 Å². The fourth-order valence-electron chi connectivity index (χ4n) is 4.68. The molecule has 1 heterocycles. The number of allylic oxidation sites excluding steroid dienone is 2. The van der Waals surface area contributed by atoms with Crippen molar-refractivity contribution in [2.75, 3.05) is 0 Å². The summed E-state index contributed by atoms with van der Waals surface area (Å²) >= 11 is 0. The first-order chi connectivity index (χ1) is 16.7. The Morgan fingerprint density at radius 2 is 1.56 bits per heavy atom. The molecule has 1 unspecified atom stereocenters. The van der Waals surface area contributed by atoms with Crippen LogP contribution in [0.25, 0.3) is 28.2 Å². The summed E-state index contributed by atoms with van der Waals surface area (Å²) in [5, 5.41) is 9.21. The number of aromatic nitrogens is 1. The van der Waals surface area contributed by atoms with E-state index in [0.717, 1.165) is 65.8 Å². The number of carboxylic acid groups (broad SMARTS) is 1. The average molecular weight is 450 g/mol. The lowest BCUT2D eigenvalue weighted by atomic mass is 9.88. The van der Waals surface area contributed by atoms with E-state index in [1.165, 1.54) is 0 Å². The van der Waals surface area contributed by atoms with Crippen molar-refractivity contribution >= 4 is 11.5 Å². The summed E-state index contributed by atoms with van der Waals surface area (Å²) in [5.41, 5.74) is 5.49. The van der Waals surface area contributed by atoms with E-state index in [0.29, 0.717) is 11.5 Å². The Labute approximate surface area is 199 Å². The van der Waals surface area contributed by atoms with Gasteiger partial charge in [0.05, 0.1) is 5.56 Å². The number of carbonyl (C=O) groups is 1. The second kappa shape index (κ2) is 9.92. The van der Waals surface area contributed by atoms with E-state index in [2.05, 4.69) is 30.3 Å². The number of oxazole rings is 1. The Morgan fingerprint density at radius 1 is 0.882 bits per heavy atom. The highest BCUT2D eigenvalue weighted by atomic mass is 16.4. The first kappa shape index (κ1) is 21.9. The van der Waals surface area contributed by atoms with Gasteiger partial charge in [0, 0.05) is 16.7 Å². The molecule has 3 aromatic carbocycles. The summed E-state index contributed by atoms with van der Waals surface area (Å²) in [5.74, 6) is 0.843. The molecule has 4 nitrogen and oxygen atoms in total. The summed E-state index contributed by atoms with van der Waals surface area (Å²) in [6.07, 6.45) is 7.48. The van der Waals surface area contributed by atoms with Crippen LogP contribution in [0.2, 0.25) is 0 Å². The van der Waals surface area contributed by atoms with Gasteiger partial charge in [-0.3, -0.25) is 0 Å². The number of nitrogens with zero attached hydrogens (tertiary/aromatic N) is 1. The van der Waals surface area contributed by atoms with E-state index >= 15 is 0 Å². The van der Waals surface area contributed by atoms with Crippen molar-refractivity contribution in [3.05, 3.63) is 108 Å².